The second-order valence-corrected chi connectivity index (χ2v) is 5.57. The van der Waals surface area contributed by atoms with Crippen LogP contribution in [-0.2, 0) is 14.3 Å². The summed E-state index contributed by atoms with van der Waals surface area (Å²) in [7, 11) is 0. The molecule has 3 heteroatoms. The number of ketones is 1. The number of hydrogen-bond acceptors (Lipinski definition) is 3. The number of esters is 1. The molecule has 0 aliphatic heterocycles. The molecule has 21 heavy (non-hydrogen) atoms. The summed E-state index contributed by atoms with van der Waals surface area (Å²) in [5, 5.41) is 0. The number of benzene rings is 1. The lowest BCUT2D eigenvalue weighted by Crippen LogP contribution is -2.27. The lowest BCUT2D eigenvalue weighted by molar-refractivity contribution is -0.150. The minimum absolute atomic E-state index is 0.0641. The van der Waals surface area contributed by atoms with Crippen molar-refractivity contribution in [2.24, 2.45) is 11.8 Å². The topological polar surface area (TPSA) is 43.4 Å². The normalized spacial score (nSPS) is 13.5. The van der Waals surface area contributed by atoms with E-state index in [0.717, 1.165) is 5.56 Å². The number of ether oxygens (including phenoxy) is 1. The fourth-order valence-corrected chi connectivity index (χ4v) is 2.16. The highest BCUT2D eigenvalue weighted by molar-refractivity contribution is 5.89. The number of Topliss-reactive ketones (excluding diaryl/α,β-unsaturated/α-hetero) is 1. The van der Waals surface area contributed by atoms with Crippen molar-refractivity contribution in [1.29, 1.82) is 0 Å². The number of carbonyl (C=O) groups is 2. The third kappa shape index (κ3) is 5.18. The lowest BCUT2D eigenvalue weighted by atomic mass is 9.85. The molecule has 114 valence electrons. The van der Waals surface area contributed by atoms with Crippen LogP contribution >= 0.6 is 0 Å². The van der Waals surface area contributed by atoms with Crippen molar-refractivity contribution in [3.8, 4) is 0 Å². The van der Waals surface area contributed by atoms with Gasteiger partial charge in [-0.2, -0.15) is 0 Å². The maximum Gasteiger partial charge on any atom is 0.309 e. The van der Waals surface area contributed by atoms with Crippen LogP contribution in [0.2, 0.25) is 0 Å². The number of hydrogen-bond donors (Lipinski definition) is 0. The van der Waals surface area contributed by atoms with E-state index in [9.17, 15) is 9.59 Å². The van der Waals surface area contributed by atoms with E-state index in [1.807, 2.05) is 51.1 Å². The molecule has 0 saturated carbocycles. The van der Waals surface area contributed by atoms with E-state index in [-0.39, 0.29) is 36.6 Å². The Kier molecular flexibility index (Phi) is 6.86. The quantitative estimate of drug-likeness (QED) is 0.540. The maximum absolute atomic E-state index is 12.4. The van der Waals surface area contributed by atoms with E-state index in [1.165, 1.54) is 6.08 Å². The van der Waals surface area contributed by atoms with Crippen LogP contribution in [0, 0.1) is 11.8 Å². The van der Waals surface area contributed by atoms with Gasteiger partial charge in [0.05, 0.1) is 5.92 Å². The molecule has 0 amide bonds. The Morgan fingerprint density at radius 1 is 1.19 bits per heavy atom. The van der Waals surface area contributed by atoms with Gasteiger partial charge in [0.15, 0.2) is 0 Å². The Hall–Kier alpha value is -1.90. The molecular weight excluding hydrogens is 264 g/mol. The molecule has 0 bridgehead atoms. The zero-order valence-electron chi connectivity index (χ0n) is 13.0. The second-order valence-electron chi connectivity index (χ2n) is 5.57. The molecular formula is C18H24O3. The zero-order valence-corrected chi connectivity index (χ0v) is 13.0. The third-order valence-corrected chi connectivity index (χ3v) is 3.65. The van der Waals surface area contributed by atoms with Gasteiger partial charge in [-0.1, -0.05) is 63.8 Å². The van der Waals surface area contributed by atoms with E-state index in [0.29, 0.717) is 0 Å². The first kappa shape index (κ1) is 17.2. The van der Waals surface area contributed by atoms with Crippen LogP contribution in [0.4, 0.5) is 0 Å². The maximum atomic E-state index is 12.4. The van der Waals surface area contributed by atoms with E-state index < -0.39 is 5.92 Å². The van der Waals surface area contributed by atoms with Crippen molar-refractivity contribution in [2.75, 3.05) is 6.61 Å². The molecule has 0 N–H and O–H groups in total. The first-order chi connectivity index (χ1) is 9.97. The van der Waals surface area contributed by atoms with Gasteiger partial charge in [-0.05, 0) is 11.5 Å². The van der Waals surface area contributed by atoms with Crippen molar-refractivity contribution >= 4 is 11.8 Å². The molecule has 0 aliphatic rings. The van der Waals surface area contributed by atoms with E-state index in [2.05, 4.69) is 6.58 Å². The van der Waals surface area contributed by atoms with Gasteiger partial charge in [0.2, 0.25) is 0 Å². The van der Waals surface area contributed by atoms with Crippen molar-refractivity contribution in [3.63, 3.8) is 0 Å². The van der Waals surface area contributed by atoms with Gasteiger partial charge in [-0.25, -0.2) is 0 Å². The smallest absolute Gasteiger partial charge is 0.309 e. The summed E-state index contributed by atoms with van der Waals surface area (Å²) >= 11 is 0. The lowest BCUT2D eigenvalue weighted by Gasteiger charge is -2.20. The van der Waals surface area contributed by atoms with E-state index in [1.54, 1.807) is 0 Å². The van der Waals surface area contributed by atoms with Crippen LogP contribution in [0.1, 0.15) is 38.7 Å². The van der Waals surface area contributed by atoms with Crippen molar-refractivity contribution < 1.29 is 14.3 Å². The van der Waals surface area contributed by atoms with Gasteiger partial charge in [0, 0.05) is 12.3 Å². The summed E-state index contributed by atoms with van der Waals surface area (Å²) in [4.78, 5) is 24.4. The van der Waals surface area contributed by atoms with Crippen LogP contribution in [0.15, 0.2) is 43.0 Å². The SMILES string of the molecule is C=CCOC(=O)[C@@H](CC(=O)[C@@H](C)c1ccccc1)C(C)C. The predicted octanol–water partition coefficient (Wildman–Crippen LogP) is 3.75. The number of carbonyl (C=O) groups excluding carboxylic acids is 2. The highest BCUT2D eigenvalue weighted by Crippen LogP contribution is 2.24. The summed E-state index contributed by atoms with van der Waals surface area (Å²) in [6, 6.07) is 9.62. The summed E-state index contributed by atoms with van der Waals surface area (Å²) in [5.41, 5.74) is 0.976. The molecule has 0 unspecified atom stereocenters. The predicted molar refractivity (Wildman–Crippen MR) is 84.0 cm³/mol. The van der Waals surface area contributed by atoms with Gasteiger partial charge in [0.25, 0.3) is 0 Å². The Bertz CT molecular complexity index is 476. The Labute approximate surface area is 127 Å². The van der Waals surface area contributed by atoms with Crippen LogP contribution < -0.4 is 0 Å². The molecule has 0 aliphatic carbocycles. The molecule has 0 radical (unpaired) electrons. The Balaban J connectivity index is 2.72. The second kappa shape index (κ2) is 8.40. The van der Waals surface area contributed by atoms with Crippen molar-refractivity contribution in [1.82, 2.24) is 0 Å². The zero-order chi connectivity index (χ0) is 15.8. The standard InChI is InChI=1S/C18H24O3/c1-5-11-21-18(20)16(13(2)3)12-17(19)14(4)15-9-7-6-8-10-15/h5-10,13-14,16H,1,11-12H2,2-4H3/t14-,16-/m0/s1. The average Bonchev–Trinajstić information content (AvgIpc) is 2.49. The Morgan fingerprint density at radius 3 is 2.33 bits per heavy atom. The summed E-state index contributed by atoms with van der Waals surface area (Å²) in [6.07, 6.45) is 1.74. The summed E-state index contributed by atoms with van der Waals surface area (Å²) in [6.45, 7) is 9.45. The Morgan fingerprint density at radius 2 is 1.81 bits per heavy atom. The first-order valence-electron chi connectivity index (χ1n) is 7.32. The molecule has 0 aromatic heterocycles. The molecule has 0 fully saturated rings. The number of rotatable bonds is 8. The minimum atomic E-state index is -0.399. The molecule has 0 heterocycles. The van der Waals surface area contributed by atoms with E-state index in [4.69, 9.17) is 4.74 Å². The molecule has 1 rings (SSSR count). The fraction of sp³-hybridized carbons (Fsp3) is 0.444. The van der Waals surface area contributed by atoms with Gasteiger partial charge in [-0.3, -0.25) is 9.59 Å². The third-order valence-electron chi connectivity index (χ3n) is 3.65. The van der Waals surface area contributed by atoms with Gasteiger partial charge in [0.1, 0.15) is 12.4 Å². The monoisotopic (exact) mass is 288 g/mol. The minimum Gasteiger partial charge on any atom is -0.461 e. The van der Waals surface area contributed by atoms with Crippen LogP contribution in [0.3, 0.4) is 0 Å². The molecule has 1 aromatic carbocycles. The highest BCUT2D eigenvalue weighted by Gasteiger charge is 2.28. The average molecular weight is 288 g/mol. The van der Waals surface area contributed by atoms with Gasteiger partial charge < -0.3 is 4.74 Å². The van der Waals surface area contributed by atoms with Crippen LogP contribution in [0.5, 0.6) is 0 Å². The summed E-state index contributed by atoms with van der Waals surface area (Å²) in [5.74, 6) is -0.800. The van der Waals surface area contributed by atoms with Crippen molar-refractivity contribution in [3.05, 3.63) is 48.6 Å². The van der Waals surface area contributed by atoms with Crippen molar-refractivity contribution in [2.45, 2.75) is 33.1 Å². The largest absolute Gasteiger partial charge is 0.461 e. The van der Waals surface area contributed by atoms with Gasteiger partial charge >= 0.3 is 5.97 Å². The van der Waals surface area contributed by atoms with Crippen LogP contribution in [-0.4, -0.2) is 18.4 Å². The fourth-order valence-electron chi connectivity index (χ4n) is 2.16. The molecule has 3 nitrogen and oxygen atoms in total. The molecule has 1 aromatic rings. The highest BCUT2D eigenvalue weighted by atomic mass is 16.5. The van der Waals surface area contributed by atoms with Gasteiger partial charge in [-0.15, -0.1) is 0 Å². The van der Waals surface area contributed by atoms with Crippen LogP contribution in [0.25, 0.3) is 0 Å². The molecule has 0 saturated heterocycles. The molecule has 2 atom stereocenters. The van der Waals surface area contributed by atoms with E-state index >= 15 is 0 Å². The summed E-state index contributed by atoms with van der Waals surface area (Å²) < 4.78 is 5.09. The first-order valence-corrected chi connectivity index (χ1v) is 7.32. The molecule has 0 spiro atoms.